The van der Waals surface area contributed by atoms with Crippen molar-refractivity contribution in [1.82, 2.24) is 5.32 Å². The van der Waals surface area contributed by atoms with Crippen LogP contribution in [0.2, 0.25) is 0 Å². The summed E-state index contributed by atoms with van der Waals surface area (Å²) in [5.41, 5.74) is 3.45. The summed E-state index contributed by atoms with van der Waals surface area (Å²) in [4.78, 5) is 17.2. The molecule has 164 valence electrons. The fraction of sp³-hybridized carbons (Fsp3) is 0.333. The minimum absolute atomic E-state index is 0.0423. The Morgan fingerprint density at radius 2 is 1.90 bits per heavy atom. The molecule has 0 aliphatic carbocycles. The summed E-state index contributed by atoms with van der Waals surface area (Å²) >= 11 is 0. The number of hydrogen-bond acceptors (Lipinski definition) is 5. The molecule has 0 radical (unpaired) electrons. The van der Waals surface area contributed by atoms with E-state index in [4.69, 9.17) is 10.5 Å². The Balaban J connectivity index is 1.88. The number of nitrogens with zero attached hydrogens (tertiary/aromatic N) is 1. The highest BCUT2D eigenvalue weighted by atomic mass is 19.3. The highest BCUT2D eigenvalue weighted by molar-refractivity contribution is 6.08. The van der Waals surface area contributed by atoms with Crippen LogP contribution in [0.3, 0.4) is 0 Å². The van der Waals surface area contributed by atoms with Crippen LogP contribution in [0.5, 0.6) is 11.5 Å². The second kappa shape index (κ2) is 7.44. The highest BCUT2D eigenvalue weighted by Gasteiger charge is 2.62. The largest absolute Gasteiger partial charge is 0.481 e. The number of benzene rings is 2. The third kappa shape index (κ3) is 3.17. The molecule has 2 aliphatic rings. The summed E-state index contributed by atoms with van der Waals surface area (Å²) in [7, 11) is 0. The number of ether oxygens (including phenoxy) is 2. The molecule has 2 unspecified atom stereocenters. The van der Waals surface area contributed by atoms with Crippen molar-refractivity contribution in [3.05, 3.63) is 48.0 Å². The van der Waals surface area contributed by atoms with Gasteiger partial charge in [0.25, 0.3) is 5.91 Å². The van der Waals surface area contributed by atoms with Gasteiger partial charge >= 0.3 is 6.61 Å². The Kier molecular flexibility index (Phi) is 5.03. The van der Waals surface area contributed by atoms with Crippen LogP contribution in [0.25, 0.3) is 11.1 Å². The molecular formula is C21H19F4N3O3. The summed E-state index contributed by atoms with van der Waals surface area (Å²) in [5, 5.41) is 2.41. The van der Waals surface area contributed by atoms with Crippen LogP contribution in [0.15, 0.2) is 47.5 Å². The molecule has 0 bridgehead atoms. The van der Waals surface area contributed by atoms with Gasteiger partial charge in [0.15, 0.2) is 17.1 Å². The molecule has 0 fully saturated rings. The summed E-state index contributed by atoms with van der Waals surface area (Å²) in [5.74, 6) is -1.79. The predicted molar refractivity (Wildman–Crippen MR) is 104 cm³/mol. The van der Waals surface area contributed by atoms with Gasteiger partial charge in [-0.05, 0) is 35.4 Å². The fourth-order valence-corrected chi connectivity index (χ4v) is 4.15. The minimum atomic E-state index is -2.98. The number of amides is 1. The molecule has 0 saturated carbocycles. The van der Waals surface area contributed by atoms with Gasteiger partial charge in [-0.3, -0.25) is 10.1 Å². The number of carbonyl (C=O) groups excluding carboxylic acids is 1. The molecule has 3 N–H and O–H groups in total. The van der Waals surface area contributed by atoms with Crippen molar-refractivity contribution in [2.45, 2.75) is 24.7 Å². The van der Waals surface area contributed by atoms with Gasteiger partial charge in [0.1, 0.15) is 24.8 Å². The summed E-state index contributed by atoms with van der Waals surface area (Å²) in [6, 6.07) is 10.6. The molecule has 6 nitrogen and oxygen atoms in total. The molecule has 1 spiro atoms. The molecule has 0 saturated heterocycles. The monoisotopic (exact) mass is 437 g/mol. The lowest BCUT2D eigenvalue weighted by molar-refractivity contribution is -0.135. The van der Waals surface area contributed by atoms with E-state index in [1.807, 2.05) is 0 Å². The van der Waals surface area contributed by atoms with E-state index in [2.05, 4.69) is 15.0 Å². The first-order chi connectivity index (χ1) is 14.8. The molecule has 10 heteroatoms. The van der Waals surface area contributed by atoms with E-state index in [1.54, 1.807) is 18.2 Å². The number of hydrogen-bond donors (Lipinski definition) is 2. The maximum Gasteiger partial charge on any atom is 0.387 e. The summed E-state index contributed by atoms with van der Waals surface area (Å²) in [6.07, 6.45) is 0. The molecular weight excluding hydrogens is 418 g/mol. The average Bonchev–Trinajstić information content (AvgIpc) is 3.05. The Morgan fingerprint density at radius 1 is 1.19 bits per heavy atom. The lowest BCUT2D eigenvalue weighted by atomic mass is 9.68. The van der Waals surface area contributed by atoms with E-state index in [0.717, 1.165) is 0 Å². The van der Waals surface area contributed by atoms with Crippen molar-refractivity contribution >= 4 is 11.9 Å². The van der Waals surface area contributed by atoms with Gasteiger partial charge in [-0.2, -0.15) is 8.78 Å². The zero-order chi connectivity index (χ0) is 22.4. The maximum atomic E-state index is 14.0. The maximum absolute atomic E-state index is 14.0. The lowest BCUT2D eigenvalue weighted by Gasteiger charge is -2.47. The van der Waals surface area contributed by atoms with Crippen molar-refractivity contribution in [2.24, 2.45) is 16.6 Å². The van der Waals surface area contributed by atoms with Crippen molar-refractivity contribution in [3.63, 3.8) is 0 Å². The Bertz CT molecular complexity index is 1060. The topological polar surface area (TPSA) is 85.9 Å². The van der Waals surface area contributed by atoms with E-state index in [0.29, 0.717) is 11.1 Å². The number of carbonyl (C=O) groups is 1. The van der Waals surface area contributed by atoms with Gasteiger partial charge in [0.05, 0.1) is 0 Å². The quantitative estimate of drug-likeness (QED) is 0.703. The Hall–Kier alpha value is -3.30. The normalized spacial score (nSPS) is 23.9. The number of alkyl halides is 4. The van der Waals surface area contributed by atoms with Crippen LogP contribution in [-0.2, 0) is 10.3 Å². The zero-order valence-electron chi connectivity index (χ0n) is 16.4. The van der Waals surface area contributed by atoms with Crippen LogP contribution in [-0.4, -0.2) is 37.4 Å². The third-order valence-corrected chi connectivity index (χ3v) is 5.85. The van der Waals surface area contributed by atoms with Gasteiger partial charge in [-0.15, -0.1) is 0 Å². The Labute approximate surface area is 175 Å². The third-order valence-electron chi connectivity index (χ3n) is 5.85. The first-order valence-corrected chi connectivity index (χ1v) is 9.43. The lowest BCUT2D eigenvalue weighted by Crippen LogP contribution is -2.60. The number of rotatable bonds is 5. The SMILES string of the molecule is CC1C(CF)(CF)Oc2ccc(-c3cccc(OC(F)F)c3)cc2C12N=C(N)NC2=O. The van der Waals surface area contributed by atoms with Crippen LogP contribution in [0, 0.1) is 5.92 Å². The number of halogens is 4. The molecule has 2 atom stereocenters. The first kappa shape index (κ1) is 21.0. The van der Waals surface area contributed by atoms with Crippen LogP contribution in [0.1, 0.15) is 12.5 Å². The predicted octanol–water partition coefficient (Wildman–Crippen LogP) is 3.30. The number of aliphatic imine (C=N–C) groups is 1. The summed E-state index contributed by atoms with van der Waals surface area (Å²) in [6.45, 7) is -3.86. The van der Waals surface area contributed by atoms with Crippen molar-refractivity contribution in [1.29, 1.82) is 0 Å². The molecule has 2 heterocycles. The molecule has 4 rings (SSSR count). The van der Waals surface area contributed by atoms with E-state index >= 15 is 0 Å². The highest BCUT2D eigenvalue weighted by Crippen LogP contribution is 2.52. The van der Waals surface area contributed by atoms with E-state index in [9.17, 15) is 22.4 Å². The van der Waals surface area contributed by atoms with Gasteiger partial charge in [0, 0.05) is 11.5 Å². The molecule has 31 heavy (non-hydrogen) atoms. The molecule has 0 aromatic heterocycles. The number of guanidine groups is 1. The minimum Gasteiger partial charge on any atom is -0.481 e. The number of fused-ring (bicyclic) bond motifs is 2. The zero-order valence-corrected chi connectivity index (χ0v) is 16.4. The average molecular weight is 437 g/mol. The van der Waals surface area contributed by atoms with Crippen molar-refractivity contribution in [2.75, 3.05) is 13.3 Å². The second-order valence-electron chi connectivity index (χ2n) is 7.49. The molecule has 2 aromatic rings. The van der Waals surface area contributed by atoms with Gasteiger partial charge in [-0.25, -0.2) is 13.8 Å². The second-order valence-corrected chi connectivity index (χ2v) is 7.49. The number of nitrogens with two attached hydrogens (primary N) is 1. The molecule has 2 aliphatic heterocycles. The standard InChI is InChI=1S/C21H19F4N3O3/c1-11-20(9-22,10-23)31-16-6-5-13(12-3-2-4-14(7-12)30-18(24)25)8-15(16)21(11)17(29)27-19(26)28-21/h2-8,11,18H,9-10H2,1H3,(H3,26,27,28,29). The van der Waals surface area contributed by atoms with E-state index < -0.39 is 42.9 Å². The van der Waals surface area contributed by atoms with E-state index in [-0.39, 0.29) is 23.0 Å². The Morgan fingerprint density at radius 3 is 2.52 bits per heavy atom. The van der Waals surface area contributed by atoms with Crippen molar-refractivity contribution in [3.8, 4) is 22.6 Å². The first-order valence-electron chi connectivity index (χ1n) is 9.43. The number of nitrogens with one attached hydrogen (secondary N) is 1. The molecule has 1 amide bonds. The van der Waals surface area contributed by atoms with Crippen LogP contribution < -0.4 is 20.5 Å². The fourth-order valence-electron chi connectivity index (χ4n) is 4.15. The van der Waals surface area contributed by atoms with Crippen LogP contribution >= 0.6 is 0 Å². The summed E-state index contributed by atoms with van der Waals surface area (Å²) < 4.78 is 63.3. The van der Waals surface area contributed by atoms with Gasteiger partial charge < -0.3 is 15.2 Å². The van der Waals surface area contributed by atoms with Crippen molar-refractivity contribution < 1.29 is 31.8 Å². The van der Waals surface area contributed by atoms with Gasteiger partial charge in [0.2, 0.25) is 0 Å². The van der Waals surface area contributed by atoms with Crippen LogP contribution in [0.4, 0.5) is 17.6 Å². The molecule has 2 aromatic carbocycles. The smallest absolute Gasteiger partial charge is 0.387 e. The van der Waals surface area contributed by atoms with E-state index in [1.165, 1.54) is 31.2 Å². The van der Waals surface area contributed by atoms with Gasteiger partial charge in [-0.1, -0.05) is 25.1 Å².